The van der Waals surface area contributed by atoms with Gasteiger partial charge in [-0.2, -0.15) is 0 Å². The van der Waals surface area contributed by atoms with Crippen LogP contribution in [-0.4, -0.2) is 74.3 Å². The summed E-state index contributed by atoms with van der Waals surface area (Å²) in [5.41, 5.74) is 5.39. The van der Waals surface area contributed by atoms with E-state index in [0.717, 1.165) is 0 Å². The Morgan fingerprint density at radius 1 is 1.30 bits per heavy atom. The SMILES string of the molecule is N/C(CNC=O)=N/C1OC(P(=O)(O)O)[C@@H](O)[C@@H](O)[C@H]1O. The van der Waals surface area contributed by atoms with Gasteiger partial charge in [0.05, 0.1) is 6.54 Å². The fourth-order valence-corrected chi connectivity index (χ4v) is 2.44. The van der Waals surface area contributed by atoms with Gasteiger partial charge in [-0.15, -0.1) is 0 Å². The molecule has 0 saturated carbocycles. The fourth-order valence-electron chi connectivity index (χ4n) is 1.58. The molecule has 1 aliphatic heterocycles. The van der Waals surface area contributed by atoms with Gasteiger partial charge in [0, 0.05) is 0 Å². The molecule has 1 fully saturated rings. The summed E-state index contributed by atoms with van der Waals surface area (Å²) < 4.78 is 15.9. The molecule has 0 spiro atoms. The van der Waals surface area contributed by atoms with Gasteiger partial charge < -0.3 is 40.9 Å². The van der Waals surface area contributed by atoms with Crippen LogP contribution in [0.2, 0.25) is 0 Å². The molecule has 8 N–H and O–H groups in total. The summed E-state index contributed by atoms with van der Waals surface area (Å²) in [6.07, 6.45) is -6.83. The Labute approximate surface area is 113 Å². The Bertz CT molecular complexity index is 426. The molecule has 0 aliphatic carbocycles. The van der Waals surface area contributed by atoms with E-state index in [4.69, 9.17) is 20.3 Å². The monoisotopic (exact) mass is 313 g/mol. The second kappa shape index (κ2) is 6.59. The van der Waals surface area contributed by atoms with Crippen LogP contribution in [-0.2, 0) is 14.1 Å². The molecule has 5 atom stereocenters. The number of rotatable bonds is 5. The van der Waals surface area contributed by atoms with Crippen LogP contribution in [0, 0.1) is 0 Å². The number of hydrogen-bond donors (Lipinski definition) is 7. The minimum absolute atomic E-state index is 0.185. The van der Waals surface area contributed by atoms with Crippen molar-refractivity contribution >= 4 is 19.8 Å². The highest BCUT2D eigenvalue weighted by Gasteiger charge is 2.50. The van der Waals surface area contributed by atoms with Gasteiger partial charge in [0.15, 0.2) is 12.1 Å². The molecule has 0 radical (unpaired) electrons. The van der Waals surface area contributed by atoms with Crippen molar-refractivity contribution in [2.45, 2.75) is 30.4 Å². The van der Waals surface area contributed by atoms with Gasteiger partial charge in [-0.05, 0) is 0 Å². The topological polar surface area (TPSA) is 195 Å². The van der Waals surface area contributed by atoms with E-state index in [2.05, 4.69) is 10.3 Å². The largest absolute Gasteiger partial charge is 0.387 e. The molecule has 116 valence electrons. The predicted molar refractivity (Wildman–Crippen MR) is 64.4 cm³/mol. The second-order valence-corrected chi connectivity index (χ2v) is 5.78. The number of carbonyl (C=O) groups excluding carboxylic acids is 1. The third-order valence-electron chi connectivity index (χ3n) is 2.55. The van der Waals surface area contributed by atoms with Crippen molar-refractivity contribution in [1.82, 2.24) is 5.32 Å². The normalized spacial score (nSPS) is 35.6. The van der Waals surface area contributed by atoms with E-state index in [0.29, 0.717) is 6.41 Å². The van der Waals surface area contributed by atoms with Crippen LogP contribution in [0.3, 0.4) is 0 Å². The van der Waals surface area contributed by atoms with Gasteiger partial charge in [-0.25, -0.2) is 4.99 Å². The highest BCUT2D eigenvalue weighted by atomic mass is 31.2. The molecule has 0 aromatic rings. The standard InChI is InChI=1S/C8H16N3O8P/c9-3(1-10-2-12)11-7-5(14)4(13)6(15)8(19-7)20(16,17)18/h2,4-8,13-15H,1H2,(H2,9,11)(H,10,12)(H2,16,17,18)/t4-,5+,6-,7?,8?/m0/s1. The number of nitrogens with two attached hydrogens (primary N) is 1. The Hall–Kier alpha value is -1.07. The predicted octanol–water partition coefficient (Wildman–Crippen LogP) is -3.97. The van der Waals surface area contributed by atoms with Crippen molar-refractivity contribution in [3.05, 3.63) is 0 Å². The summed E-state index contributed by atoms with van der Waals surface area (Å²) in [6, 6.07) is 0. The molecule has 1 aliphatic rings. The van der Waals surface area contributed by atoms with E-state index < -0.39 is 38.0 Å². The molecule has 1 amide bonds. The molecule has 1 rings (SSSR count). The van der Waals surface area contributed by atoms with E-state index in [1.807, 2.05) is 0 Å². The first-order chi connectivity index (χ1) is 9.18. The van der Waals surface area contributed by atoms with Crippen molar-refractivity contribution in [1.29, 1.82) is 0 Å². The zero-order valence-electron chi connectivity index (χ0n) is 10.1. The molecule has 0 aromatic heterocycles. The average Bonchev–Trinajstić information content (AvgIpc) is 2.35. The van der Waals surface area contributed by atoms with Crippen LogP contribution >= 0.6 is 7.60 Å². The van der Waals surface area contributed by atoms with Gasteiger partial charge in [-0.3, -0.25) is 9.36 Å². The van der Waals surface area contributed by atoms with Crippen LogP contribution in [0.25, 0.3) is 0 Å². The van der Waals surface area contributed by atoms with Crippen molar-refractivity contribution in [2.24, 2.45) is 10.7 Å². The number of nitrogens with zero attached hydrogens (tertiary/aromatic N) is 1. The van der Waals surface area contributed by atoms with Crippen LogP contribution in [0.15, 0.2) is 4.99 Å². The first-order valence-electron chi connectivity index (χ1n) is 5.42. The highest BCUT2D eigenvalue weighted by molar-refractivity contribution is 7.52. The lowest BCUT2D eigenvalue weighted by Gasteiger charge is -2.38. The summed E-state index contributed by atoms with van der Waals surface area (Å²) in [4.78, 5) is 31.7. The number of aliphatic hydroxyl groups excluding tert-OH is 3. The highest BCUT2D eigenvalue weighted by Crippen LogP contribution is 2.47. The third-order valence-corrected chi connectivity index (χ3v) is 3.64. The number of nitrogens with one attached hydrogen (secondary N) is 1. The number of amides is 1. The van der Waals surface area contributed by atoms with Crippen LogP contribution in [0.4, 0.5) is 0 Å². The van der Waals surface area contributed by atoms with Crippen LogP contribution < -0.4 is 11.1 Å². The number of aliphatic imine (C=N–C) groups is 1. The van der Waals surface area contributed by atoms with E-state index >= 15 is 0 Å². The van der Waals surface area contributed by atoms with Crippen LogP contribution in [0.1, 0.15) is 0 Å². The van der Waals surface area contributed by atoms with Crippen molar-refractivity contribution in [3.63, 3.8) is 0 Å². The maximum absolute atomic E-state index is 11.1. The zero-order valence-corrected chi connectivity index (χ0v) is 11.0. The smallest absolute Gasteiger partial charge is 0.356 e. The molecule has 1 saturated heterocycles. The van der Waals surface area contributed by atoms with E-state index in [9.17, 15) is 24.7 Å². The Kier molecular flexibility index (Phi) is 5.59. The van der Waals surface area contributed by atoms with Crippen molar-refractivity contribution < 1.29 is 39.2 Å². The summed E-state index contributed by atoms with van der Waals surface area (Å²) in [5, 5.41) is 30.8. The van der Waals surface area contributed by atoms with Crippen molar-refractivity contribution in [2.75, 3.05) is 6.54 Å². The first-order valence-corrected chi connectivity index (χ1v) is 7.10. The second-order valence-electron chi connectivity index (χ2n) is 4.10. The molecule has 0 aromatic carbocycles. The minimum atomic E-state index is -4.89. The minimum Gasteiger partial charge on any atom is -0.387 e. The number of aliphatic hydroxyl groups is 3. The Morgan fingerprint density at radius 2 is 1.90 bits per heavy atom. The van der Waals surface area contributed by atoms with Gasteiger partial charge in [0.1, 0.15) is 24.1 Å². The molecule has 12 heteroatoms. The van der Waals surface area contributed by atoms with Crippen LogP contribution in [0.5, 0.6) is 0 Å². The number of hydrogen-bond acceptors (Lipinski definition) is 7. The molecule has 11 nitrogen and oxygen atoms in total. The number of carbonyl (C=O) groups is 1. The lowest BCUT2D eigenvalue weighted by molar-refractivity contribution is -0.201. The fraction of sp³-hybridized carbons (Fsp3) is 0.750. The molecule has 1 heterocycles. The summed E-state index contributed by atoms with van der Waals surface area (Å²) >= 11 is 0. The molecule has 0 bridgehead atoms. The lowest BCUT2D eigenvalue weighted by atomic mass is 10.0. The van der Waals surface area contributed by atoms with E-state index in [1.165, 1.54) is 0 Å². The third kappa shape index (κ3) is 3.96. The van der Waals surface area contributed by atoms with E-state index in [-0.39, 0.29) is 12.4 Å². The van der Waals surface area contributed by atoms with Gasteiger partial charge in [0.25, 0.3) is 0 Å². The number of ether oxygens (including phenoxy) is 1. The number of amidine groups is 1. The first kappa shape index (κ1) is 17.0. The van der Waals surface area contributed by atoms with Crippen molar-refractivity contribution in [3.8, 4) is 0 Å². The van der Waals surface area contributed by atoms with Gasteiger partial charge >= 0.3 is 7.60 Å². The average molecular weight is 313 g/mol. The summed E-state index contributed by atoms with van der Waals surface area (Å²) in [5.74, 6) is -2.24. The molecular weight excluding hydrogens is 297 g/mol. The molecular formula is C8H16N3O8P. The lowest BCUT2D eigenvalue weighted by Crippen LogP contribution is -2.57. The van der Waals surface area contributed by atoms with E-state index in [1.54, 1.807) is 0 Å². The zero-order chi connectivity index (χ0) is 15.5. The maximum Gasteiger partial charge on any atom is 0.356 e. The summed E-state index contributed by atoms with van der Waals surface area (Å²) in [6.45, 7) is -0.185. The van der Waals surface area contributed by atoms with Gasteiger partial charge in [-0.1, -0.05) is 0 Å². The Morgan fingerprint density at radius 3 is 2.40 bits per heavy atom. The quantitative estimate of drug-likeness (QED) is 0.115. The molecule has 20 heavy (non-hydrogen) atoms. The van der Waals surface area contributed by atoms with Gasteiger partial charge in [0.2, 0.25) is 6.41 Å². The summed E-state index contributed by atoms with van der Waals surface area (Å²) in [7, 11) is -4.89. The maximum atomic E-state index is 11.1. The molecule has 2 unspecified atom stereocenters. The Balaban J connectivity index is 2.91.